The third kappa shape index (κ3) is 3.61. The van der Waals surface area contributed by atoms with Gasteiger partial charge in [0.1, 0.15) is 11.6 Å². The first-order valence-electron chi connectivity index (χ1n) is 6.77. The molecule has 0 saturated carbocycles. The van der Waals surface area contributed by atoms with E-state index in [1.807, 2.05) is 36.1 Å². The summed E-state index contributed by atoms with van der Waals surface area (Å²) in [6.07, 6.45) is 0. The highest BCUT2D eigenvalue weighted by molar-refractivity contribution is 5.82. The van der Waals surface area contributed by atoms with Crippen molar-refractivity contribution >= 4 is 22.6 Å². The van der Waals surface area contributed by atoms with Gasteiger partial charge in [0.2, 0.25) is 5.91 Å². The van der Waals surface area contributed by atoms with Crippen LogP contribution in [0.4, 0.5) is 5.82 Å². The molecule has 0 saturated heterocycles. The highest BCUT2D eigenvalue weighted by atomic mass is 16.5. The van der Waals surface area contributed by atoms with Crippen molar-refractivity contribution in [1.29, 1.82) is 0 Å². The number of rotatable bonds is 6. The Balaban J connectivity index is 2.31. The number of pyridine rings is 1. The molecule has 0 aliphatic rings. The molecule has 2 rings (SSSR count). The second-order valence-corrected chi connectivity index (χ2v) is 4.86. The van der Waals surface area contributed by atoms with Gasteiger partial charge < -0.3 is 16.2 Å². The highest BCUT2D eigenvalue weighted by Gasteiger charge is 2.11. The van der Waals surface area contributed by atoms with Crippen LogP contribution in [0.2, 0.25) is 0 Å². The van der Waals surface area contributed by atoms with Gasteiger partial charge in [-0.15, -0.1) is 0 Å². The van der Waals surface area contributed by atoms with E-state index in [9.17, 15) is 4.79 Å². The molecule has 0 bridgehead atoms. The quantitative estimate of drug-likeness (QED) is 0.831. The standard InChI is InChI=1S/C15H20N4O2/c1-3-19(9-14(16)20)8-11-6-10-4-5-12(21-2)7-13(10)18-15(11)17/h4-7H,3,8-9H2,1-2H3,(H2,16,20)(H2,17,18). The lowest BCUT2D eigenvalue weighted by atomic mass is 10.1. The fourth-order valence-electron chi connectivity index (χ4n) is 2.20. The minimum Gasteiger partial charge on any atom is -0.497 e. The van der Waals surface area contributed by atoms with Crippen LogP contribution >= 0.6 is 0 Å². The average molecular weight is 288 g/mol. The summed E-state index contributed by atoms with van der Waals surface area (Å²) in [4.78, 5) is 17.4. The van der Waals surface area contributed by atoms with Crippen molar-refractivity contribution in [2.24, 2.45) is 5.73 Å². The maximum atomic E-state index is 11.0. The molecule has 1 amide bonds. The van der Waals surface area contributed by atoms with Gasteiger partial charge in [0.25, 0.3) is 0 Å². The van der Waals surface area contributed by atoms with E-state index in [0.29, 0.717) is 18.9 Å². The summed E-state index contributed by atoms with van der Waals surface area (Å²) in [6, 6.07) is 7.65. The maximum absolute atomic E-state index is 11.0. The predicted molar refractivity (Wildman–Crippen MR) is 82.9 cm³/mol. The minimum absolute atomic E-state index is 0.205. The third-order valence-corrected chi connectivity index (χ3v) is 3.36. The Bertz CT molecular complexity index is 657. The molecular weight excluding hydrogens is 268 g/mol. The van der Waals surface area contributed by atoms with Crippen molar-refractivity contribution in [3.05, 3.63) is 29.8 Å². The zero-order valence-electron chi connectivity index (χ0n) is 12.3. The van der Waals surface area contributed by atoms with Gasteiger partial charge in [-0.05, 0) is 24.7 Å². The van der Waals surface area contributed by atoms with Crippen LogP contribution in [0.25, 0.3) is 10.9 Å². The van der Waals surface area contributed by atoms with Crippen molar-refractivity contribution in [1.82, 2.24) is 9.88 Å². The van der Waals surface area contributed by atoms with Crippen LogP contribution in [0.5, 0.6) is 5.75 Å². The SMILES string of the molecule is CCN(CC(N)=O)Cc1cc2ccc(OC)cc2nc1N. The van der Waals surface area contributed by atoms with E-state index >= 15 is 0 Å². The molecule has 1 aromatic carbocycles. The van der Waals surface area contributed by atoms with Crippen LogP contribution in [0.15, 0.2) is 24.3 Å². The normalized spacial score (nSPS) is 11.0. The lowest BCUT2D eigenvalue weighted by Gasteiger charge is -2.19. The number of carbonyl (C=O) groups is 1. The van der Waals surface area contributed by atoms with E-state index in [0.717, 1.165) is 22.2 Å². The topological polar surface area (TPSA) is 94.5 Å². The molecule has 2 aromatic rings. The second-order valence-electron chi connectivity index (χ2n) is 4.86. The first-order valence-corrected chi connectivity index (χ1v) is 6.77. The summed E-state index contributed by atoms with van der Waals surface area (Å²) in [5.74, 6) is 0.846. The summed E-state index contributed by atoms with van der Waals surface area (Å²) < 4.78 is 5.18. The second kappa shape index (κ2) is 6.41. The molecule has 0 radical (unpaired) electrons. The van der Waals surface area contributed by atoms with E-state index < -0.39 is 0 Å². The van der Waals surface area contributed by atoms with Crippen molar-refractivity contribution in [2.75, 3.05) is 25.9 Å². The van der Waals surface area contributed by atoms with Gasteiger partial charge in [0, 0.05) is 23.6 Å². The molecule has 1 heterocycles. The number of hydrogen-bond acceptors (Lipinski definition) is 5. The summed E-state index contributed by atoms with van der Waals surface area (Å²) in [5.41, 5.74) is 12.9. The minimum atomic E-state index is -0.353. The lowest BCUT2D eigenvalue weighted by Crippen LogP contribution is -2.33. The summed E-state index contributed by atoms with van der Waals surface area (Å²) >= 11 is 0. The fourth-order valence-corrected chi connectivity index (χ4v) is 2.20. The molecule has 0 spiro atoms. The van der Waals surface area contributed by atoms with E-state index in [2.05, 4.69) is 4.98 Å². The molecule has 6 heteroatoms. The number of methoxy groups -OCH3 is 1. The van der Waals surface area contributed by atoms with Gasteiger partial charge in [0.15, 0.2) is 0 Å². The molecule has 4 N–H and O–H groups in total. The van der Waals surface area contributed by atoms with Crippen molar-refractivity contribution in [3.63, 3.8) is 0 Å². The predicted octanol–water partition coefficient (Wildman–Crippen LogP) is 1.13. The molecule has 21 heavy (non-hydrogen) atoms. The Morgan fingerprint density at radius 3 is 2.76 bits per heavy atom. The Morgan fingerprint density at radius 1 is 1.38 bits per heavy atom. The average Bonchev–Trinajstić information content (AvgIpc) is 2.46. The molecule has 0 fully saturated rings. The summed E-state index contributed by atoms with van der Waals surface area (Å²) in [7, 11) is 1.61. The monoisotopic (exact) mass is 288 g/mol. The molecule has 0 aliphatic carbocycles. The number of nitrogen functional groups attached to an aromatic ring is 1. The number of amides is 1. The smallest absolute Gasteiger partial charge is 0.231 e. The Hall–Kier alpha value is -2.34. The van der Waals surface area contributed by atoms with Crippen molar-refractivity contribution in [2.45, 2.75) is 13.5 Å². The van der Waals surface area contributed by atoms with Gasteiger partial charge >= 0.3 is 0 Å². The van der Waals surface area contributed by atoms with Crippen LogP contribution in [0.1, 0.15) is 12.5 Å². The third-order valence-electron chi connectivity index (χ3n) is 3.36. The van der Waals surface area contributed by atoms with Crippen LogP contribution in [0, 0.1) is 0 Å². The summed E-state index contributed by atoms with van der Waals surface area (Å²) in [5, 5.41) is 0.982. The number of likely N-dealkylation sites (N-methyl/N-ethyl adjacent to an activating group) is 1. The van der Waals surface area contributed by atoms with E-state index in [4.69, 9.17) is 16.2 Å². The highest BCUT2D eigenvalue weighted by Crippen LogP contribution is 2.23. The van der Waals surface area contributed by atoms with Crippen LogP contribution < -0.4 is 16.2 Å². The van der Waals surface area contributed by atoms with Gasteiger partial charge in [-0.3, -0.25) is 9.69 Å². The van der Waals surface area contributed by atoms with Crippen molar-refractivity contribution < 1.29 is 9.53 Å². The van der Waals surface area contributed by atoms with Gasteiger partial charge in [0.05, 0.1) is 19.2 Å². The van der Waals surface area contributed by atoms with Gasteiger partial charge in [-0.2, -0.15) is 0 Å². The summed E-state index contributed by atoms with van der Waals surface area (Å²) in [6.45, 7) is 3.43. The molecule has 0 aliphatic heterocycles. The zero-order chi connectivity index (χ0) is 15.4. The maximum Gasteiger partial charge on any atom is 0.231 e. The van der Waals surface area contributed by atoms with Gasteiger partial charge in [-0.1, -0.05) is 6.92 Å². The van der Waals surface area contributed by atoms with E-state index in [1.165, 1.54) is 0 Å². The number of carbonyl (C=O) groups excluding carboxylic acids is 1. The molecule has 112 valence electrons. The number of nitrogens with two attached hydrogens (primary N) is 2. The first kappa shape index (κ1) is 15.1. The van der Waals surface area contributed by atoms with E-state index in [1.54, 1.807) is 7.11 Å². The van der Waals surface area contributed by atoms with Crippen LogP contribution in [0.3, 0.4) is 0 Å². The van der Waals surface area contributed by atoms with E-state index in [-0.39, 0.29) is 12.5 Å². The zero-order valence-corrected chi connectivity index (χ0v) is 12.3. The van der Waals surface area contributed by atoms with Crippen LogP contribution in [-0.2, 0) is 11.3 Å². The Labute approximate surface area is 123 Å². The number of ether oxygens (including phenoxy) is 1. The largest absolute Gasteiger partial charge is 0.497 e. The van der Waals surface area contributed by atoms with Crippen molar-refractivity contribution in [3.8, 4) is 5.75 Å². The number of fused-ring (bicyclic) bond motifs is 1. The molecular formula is C15H20N4O2. The Kier molecular flexibility index (Phi) is 4.59. The number of nitrogens with zero attached hydrogens (tertiary/aromatic N) is 2. The fraction of sp³-hybridized carbons (Fsp3) is 0.333. The molecule has 0 unspecified atom stereocenters. The molecule has 1 aromatic heterocycles. The lowest BCUT2D eigenvalue weighted by molar-refractivity contribution is -0.119. The Morgan fingerprint density at radius 2 is 2.14 bits per heavy atom. The molecule has 6 nitrogen and oxygen atoms in total. The number of benzene rings is 1. The number of aromatic nitrogens is 1. The number of anilines is 1. The number of primary amides is 1. The van der Waals surface area contributed by atoms with Gasteiger partial charge in [-0.25, -0.2) is 4.98 Å². The first-order chi connectivity index (χ1) is 10.0. The van der Waals surface area contributed by atoms with Crippen LogP contribution in [-0.4, -0.2) is 36.0 Å². The molecule has 0 atom stereocenters. The number of hydrogen-bond donors (Lipinski definition) is 2.